The number of aromatic nitrogens is 1. The van der Waals surface area contributed by atoms with Crippen LogP contribution in [0.2, 0.25) is 0 Å². The summed E-state index contributed by atoms with van der Waals surface area (Å²) in [5, 5.41) is 18.5. The number of anilines is 1. The van der Waals surface area contributed by atoms with Crippen molar-refractivity contribution < 1.29 is 10.2 Å². The standard InChI is InChI=1S/C11H18N2O2/c1-8(14)7-13(3)10-4-5-11(9(2)15)12-6-10/h4-6,8-9,14-15H,7H2,1-3H3. The molecule has 0 aliphatic carbocycles. The van der Waals surface area contributed by atoms with Crippen LogP contribution in [0, 0.1) is 0 Å². The monoisotopic (exact) mass is 210 g/mol. The van der Waals surface area contributed by atoms with E-state index < -0.39 is 6.10 Å². The van der Waals surface area contributed by atoms with Gasteiger partial charge in [-0.05, 0) is 26.0 Å². The number of nitrogens with zero attached hydrogens (tertiary/aromatic N) is 2. The summed E-state index contributed by atoms with van der Waals surface area (Å²) in [5.41, 5.74) is 1.59. The fourth-order valence-corrected chi connectivity index (χ4v) is 1.37. The summed E-state index contributed by atoms with van der Waals surface area (Å²) in [4.78, 5) is 6.05. The van der Waals surface area contributed by atoms with Crippen LogP contribution in [0.15, 0.2) is 18.3 Å². The lowest BCUT2D eigenvalue weighted by Crippen LogP contribution is -2.26. The first-order chi connectivity index (χ1) is 7.00. The Morgan fingerprint density at radius 3 is 2.40 bits per heavy atom. The zero-order chi connectivity index (χ0) is 11.4. The Morgan fingerprint density at radius 2 is 2.00 bits per heavy atom. The molecule has 1 rings (SSSR count). The topological polar surface area (TPSA) is 56.6 Å². The lowest BCUT2D eigenvalue weighted by molar-refractivity contribution is 0.194. The molecule has 0 aromatic carbocycles. The van der Waals surface area contributed by atoms with Crippen LogP contribution in [0.3, 0.4) is 0 Å². The van der Waals surface area contributed by atoms with Gasteiger partial charge in [-0.15, -0.1) is 0 Å². The van der Waals surface area contributed by atoms with E-state index in [2.05, 4.69) is 4.98 Å². The van der Waals surface area contributed by atoms with Gasteiger partial charge < -0.3 is 15.1 Å². The van der Waals surface area contributed by atoms with Crippen molar-refractivity contribution in [1.29, 1.82) is 0 Å². The van der Waals surface area contributed by atoms with Crippen LogP contribution in [0.1, 0.15) is 25.6 Å². The largest absolute Gasteiger partial charge is 0.392 e. The molecule has 2 unspecified atom stereocenters. The molecule has 84 valence electrons. The zero-order valence-corrected chi connectivity index (χ0v) is 9.38. The van der Waals surface area contributed by atoms with Crippen molar-refractivity contribution in [2.24, 2.45) is 0 Å². The van der Waals surface area contributed by atoms with Crippen molar-refractivity contribution in [1.82, 2.24) is 4.98 Å². The van der Waals surface area contributed by atoms with Gasteiger partial charge in [-0.25, -0.2) is 0 Å². The third-order valence-electron chi connectivity index (χ3n) is 2.18. The molecule has 1 heterocycles. The maximum atomic E-state index is 9.28. The van der Waals surface area contributed by atoms with E-state index in [1.165, 1.54) is 0 Å². The summed E-state index contributed by atoms with van der Waals surface area (Å²) in [6, 6.07) is 3.68. The van der Waals surface area contributed by atoms with E-state index in [-0.39, 0.29) is 6.10 Å². The third kappa shape index (κ3) is 3.49. The Kier molecular flexibility index (Phi) is 4.05. The molecule has 0 fully saturated rings. The highest BCUT2D eigenvalue weighted by Gasteiger charge is 2.06. The van der Waals surface area contributed by atoms with Gasteiger partial charge in [-0.2, -0.15) is 0 Å². The molecule has 0 aliphatic rings. The molecule has 1 aromatic heterocycles. The predicted octanol–water partition coefficient (Wildman–Crippen LogP) is 0.952. The quantitative estimate of drug-likeness (QED) is 0.777. The SMILES string of the molecule is CC(O)CN(C)c1ccc(C(C)O)nc1. The highest BCUT2D eigenvalue weighted by Crippen LogP contribution is 2.15. The van der Waals surface area contributed by atoms with Gasteiger partial charge in [0, 0.05) is 13.6 Å². The number of aliphatic hydroxyl groups is 2. The Labute approximate surface area is 90.2 Å². The molecule has 15 heavy (non-hydrogen) atoms. The van der Waals surface area contributed by atoms with Crippen molar-refractivity contribution in [3.05, 3.63) is 24.0 Å². The predicted molar refractivity (Wildman–Crippen MR) is 59.8 cm³/mol. The second-order valence-corrected chi connectivity index (χ2v) is 3.85. The van der Waals surface area contributed by atoms with E-state index in [0.717, 1.165) is 5.69 Å². The summed E-state index contributed by atoms with van der Waals surface area (Å²) in [6.45, 7) is 3.99. The molecule has 0 bridgehead atoms. The van der Waals surface area contributed by atoms with Crippen molar-refractivity contribution >= 4 is 5.69 Å². The fraction of sp³-hybridized carbons (Fsp3) is 0.545. The number of likely N-dealkylation sites (N-methyl/N-ethyl adjacent to an activating group) is 1. The molecule has 0 saturated heterocycles. The van der Waals surface area contributed by atoms with Crippen LogP contribution in [-0.4, -0.2) is 34.9 Å². The van der Waals surface area contributed by atoms with Gasteiger partial charge in [-0.3, -0.25) is 4.98 Å². The molecule has 0 radical (unpaired) electrons. The van der Waals surface area contributed by atoms with Crippen LogP contribution in [0.5, 0.6) is 0 Å². The van der Waals surface area contributed by atoms with Gasteiger partial charge in [0.1, 0.15) is 0 Å². The molecule has 2 N–H and O–H groups in total. The molecular weight excluding hydrogens is 192 g/mol. The summed E-state index contributed by atoms with van der Waals surface area (Å²) in [7, 11) is 1.89. The maximum Gasteiger partial charge on any atom is 0.0931 e. The molecule has 0 amide bonds. The maximum absolute atomic E-state index is 9.28. The normalized spacial score (nSPS) is 14.7. The Balaban J connectivity index is 2.71. The lowest BCUT2D eigenvalue weighted by atomic mass is 10.2. The van der Waals surface area contributed by atoms with Gasteiger partial charge in [0.25, 0.3) is 0 Å². The van der Waals surface area contributed by atoms with Crippen LogP contribution in [0.4, 0.5) is 5.69 Å². The number of hydrogen-bond acceptors (Lipinski definition) is 4. The van der Waals surface area contributed by atoms with Crippen LogP contribution < -0.4 is 4.90 Å². The molecule has 2 atom stereocenters. The summed E-state index contributed by atoms with van der Waals surface area (Å²) in [5.74, 6) is 0. The smallest absolute Gasteiger partial charge is 0.0931 e. The number of aliphatic hydroxyl groups excluding tert-OH is 2. The fourth-order valence-electron chi connectivity index (χ4n) is 1.37. The van der Waals surface area contributed by atoms with E-state index in [1.54, 1.807) is 26.1 Å². The second-order valence-electron chi connectivity index (χ2n) is 3.85. The molecular formula is C11H18N2O2. The summed E-state index contributed by atoms with van der Waals surface area (Å²) < 4.78 is 0. The van der Waals surface area contributed by atoms with Gasteiger partial charge in [-0.1, -0.05) is 0 Å². The van der Waals surface area contributed by atoms with E-state index in [1.807, 2.05) is 18.0 Å². The third-order valence-corrected chi connectivity index (χ3v) is 2.18. The first kappa shape index (κ1) is 11.9. The summed E-state index contributed by atoms with van der Waals surface area (Å²) in [6.07, 6.45) is 0.789. The van der Waals surface area contributed by atoms with Crippen LogP contribution in [0.25, 0.3) is 0 Å². The van der Waals surface area contributed by atoms with Crippen molar-refractivity contribution in [3.63, 3.8) is 0 Å². The second kappa shape index (κ2) is 5.09. The van der Waals surface area contributed by atoms with Gasteiger partial charge >= 0.3 is 0 Å². The number of rotatable bonds is 4. The van der Waals surface area contributed by atoms with E-state index in [9.17, 15) is 10.2 Å². The molecule has 4 nitrogen and oxygen atoms in total. The van der Waals surface area contributed by atoms with E-state index in [4.69, 9.17) is 0 Å². The van der Waals surface area contributed by atoms with Gasteiger partial charge in [0.15, 0.2) is 0 Å². The van der Waals surface area contributed by atoms with Crippen molar-refractivity contribution in [2.45, 2.75) is 26.1 Å². The molecule has 0 aliphatic heterocycles. The average Bonchev–Trinajstić information content (AvgIpc) is 2.17. The highest BCUT2D eigenvalue weighted by atomic mass is 16.3. The zero-order valence-electron chi connectivity index (χ0n) is 9.38. The minimum absolute atomic E-state index is 0.369. The Morgan fingerprint density at radius 1 is 1.33 bits per heavy atom. The Hall–Kier alpha value is -1.13. The number of pyridine rings is 1. The first-order valence-electron chi connectivity index (χ1n) is 5.04. The van der Waals surface area contributed by atoms with Crippen molar-refractivity contribution in [3.8, 4) is 0 Å². The van der Waals surface area contributed by atoms with E-state index >= 15 is 0 Å². The molecule has 0 saturated carbocycles. The average molecular weight is 210 g/mol. The van der Waals surface area contributed by atoms with Crippen LogP contribution >= 0.6 is 0 Å². The first-order valence-corrected chi connectivity index (χ1v) is 5.04. The van der Waals surface area contributed by atoms with Crippen LogP contribution in [-0.2, 0) is 0 Å². The van der Waals surface area contributed by atoms with Crippen molar-refractivity contribution in [2.75, 3.05) is 18.5 Å². The highest BCUT2D eigenvalue weighted by molar-refractivity contribution is 5.43. The lowest BCUT2D eigenvalue weighted by Gasteiger charge is -2.20. The molecule has 1 aromatic rings. The number of hydrogen-bond donors (Lipinski definition) is 2. The van der Waals surface area contributed by atoms with E-state index in [0.29, 0.717) is 12.2 Å². The minimum atomic E-state index is -0.541. The molecule has 4 heteroatoms. The van der Waals surface area contributed by atoms with Gasteiger partial charge in [0.2, 0.25) is 0 Å². The summed E-state index contributed by atoms with van der Waals surface area (Å²) >= 11 is 0. The minimum Gasteiger partial charge on any atom is -0.392 e. The Bertz CT molecular complexity index is 296. The van der Waals surface area contributed by atoms with Gasteiger partial charge in [0.05, 0.1) is 29.8 Å². The molecule has 0 spiro atoms.